The van der Waals surface area contributed by atoms with Gasteiger partial charge in [0.25, 0.3) is 0 Å². The van der Waals surface area contributed by atoms with Crippen LogP contribution < -0.4 is 10.1 Å². The van der Waals surface area contributed by atoms with E-state index in [0.717, 1.165) is 28.8 Å². The molecule has 2 rings (SSSR count). The summed E-state index contributed by atoms with van der Waals surface area (Å²) in [6.07, 6.45) is 1.61. The molecule has 4 nitrogen and oxygen atoms in total. The SMILES string of the molecule is CCCS(=O)(=O)CCNCc1cc(Br)cc2c1OCC2. The first kappa shape index (κ1) is 15.8. The van der Waals surface area contributed by atoms with Crippen molar-refractivity contribution < 1.29 is 13.2 Å². The molecule has 1 aliphatic rings. The number of ether oxygens (including phenoxy) is 1. The van der Waals surface area contributed by atoms with E-state index < -0.39 is 9.84 Å². The van der Waals surface area contributed by atoms with Crippen molar-refractivity contribution in [2.75, 3.05) is 24.7 Å². The van der Waals surface area contributed by atoms with Crippen LogP contribution in [-0.4, -0.2) is 33.1 Å². The van der Waals surface area contributed by atoms with Crippen molar-refractivity contribution in [1.29, 1.82) is 0 Å². The van der Waals surface area contributed by atoms with Crippen molar-refractivity contribution >= 4 is 25.8 Å². The molecule has 0 spiro atoms. The molecule has 0 saturated carbocycles. The van der Waals surface area contributed by atoms with Crippen molar-refractivity contribution in [2.45, 2.75) is 26.3 Å². The standard InChI is InChI=1S/C14H20BrNO3S/c1-2-6-20(17,18)7-4-16-10-12-9-13(15)8-11-3-5-19-14(11)12/h8-9,16H,2-7,10H2,1H3. The second kappa shape index (κ2) is 6.91. The van der Waals surface area contributed by atoms with Gasteiger partial charge in [0, 0.05) is 35.3 Å². The van der Waals surface area contributed by atoms with Crippen molar-refractivity contribution in [3.8, 4) is 5.75 Å². The number of halogens is 1. The molecule has 1 aliphatic heterocycles. The molecular formula is C14H20BrNO3S. The Morgan fingerprint density at radius 1 is 1.35 bits per heavy atom. The monoisotopic (exact) mass is 361 g/mol. The summed E-state index contributed by atoms with van der Waals surface area (Å²) in [7, 11) is -2.91. The highest BCUT2D eigenvalue weighted by atomic mass is 79.9. The topological polar surface area (TPSA) is 55.4 Å². The molecule has 1 aromatic rings. The first-order chi connectivity index (χ1) is 9.52. The molecule has 0 aliphatic carbocycles. The highest BCUT2D eigenvalue weighted by Crippen LogP contribution is 2.32. The predicted molar refractivity (Wildman–Crippen MR) is 84.0 cm³/mol. The summed E-state index contributed by atoms with van der Waals surface area (Å²) in [5.74, 6) is 1.42. The van der Waals surface area contributed by atoms with E-state index in [-0.39, 0.29) is 11.5 Å². The van der Waals surface area contributed by atoms with Gasteiger partial charge in [-0.2, -0.15) is 0 Å². The lowest BCUT2D eigenvalue weighted by molar-refractivity contribution is 0.352. The van der Waals surface area contributed by atoms with Gasteiger partial charge in [0.15, 0.2) is 9.84 Å². The predicted octanol–water partition coefficient (Wildman–Crippen LogP) is 2.30. The summed E-state index contributed by atoms with van der Waals surface area (Å²) in [6, 6.07) is 4.11. The van der Waals surface area contributed by atoms with Gasteiger partial charge < -0.3 is 10.1 Å². The minimum absolute atomic E-state index is 0.192. The largest absolute Gasteiger partial charge is 0.493 e. The molecule has 0 radical (unpaired) electrons. The molecule has 20 heavy (non-hydrogen) atoms. The summed E-state index contributed by atoms with van der Waals surface area (Å²) in [6.45, 7) is 3.71. The second-order valence-corrected chi connectivity index (χ2v) is 8.20. The van der Waals surface area contributed by atoms with Gasteiger partial charge in [-0.15, -0.1) is 0 Å². The Labute approximate surface area is 129 Å². The summed E-state index contributed by atoms with van der Waals surface area (Å²) in [5.41, 5.74) is 2.30. The minimum Gasteiger partial charge on any atom is -0.493 e. The highest BCUT2D eigenvalue weighted by molar-refractivity contribution is 9.10. The maximum Gasteiger partial charge on any atom is 0.151 e. The maximum absolute atomic E-state index is 11.6. The zero-order chi connectivity index (χ0) is 14.6. The van der Waals surface area contributed by atoms with Crippen molar-refractivity contribution in [2.24, 2.45) is 0 Å². The van der Waals surface area contributed by atoms with Gasteiger partial charge in [-0.25, -0.2) is 8.42 Å². The van der Waals surface area contributed by atoms with E-state index in [2.05, 4.69) is 27.3 Å². The first-order valence-electron chi connectivity index (χ1n) is 6.87. The molecule has 1 N–H and O–H groups in total. The smallest absolute Gasteiger partial charge is 0.151 e. The fourth-order valence-electron chi connectivity index (χ4n) is 2.34. The van der Waals surface area contributed by atoms with Gasteiger partial charge in [-0.3, -0.25) is 0 Å². The van der Waals surface area contributed by atoms with E-state index in [1.54, 1.807) is 0 Å². The molecule has 6 heteroatoms. The Kier molecular flexibility index (Phi) is 5.46. The Balaban J connectivity index is 1.89. The molecule has 0 unspecified atom stereocenters. The Morgan fingerprint density at radius 2 is 2.15 bits per heavy atom. The second-order valence-electron chi connectivity index (χ2n) is 4.98. The Hall–Kier alpha value is -0.590. The summed E-state index contributed by atoms with van der Waals surface area (Å²) in [4.78, 5) is 0. The van der Waals surface area contributed by atoms with Gasteiger partial charge in [-0.05, 0) is 24.1 Å². The maximum atomic E-state index is 11.6. The molecular weight excluding hydrogens is 342 g/mol. The van der Waals surface area contributed by atoms with Gasteiger partial charge >= 0.3 is 0 Å². The molecule has 1 heterocycles. The van der Waals surface area contributed by atoms with Crippen LogP contribution in [0.25, 0.3) is 0 Å². The number of hydrogen-bond acceptors (Lipinski definition) is 4. The van der Waals surface area contributed by atoms with Crippen LogP contribution in [0.3, 0.4) is 0 Å². The zero-order valence-corrected chi connectivity index (χ0v) is 14.0. The van der Waals surface area contributed by atoms with Crippen LogP contribution in [0.5, 0.6) is 5.75 Å². The van der Waals surface area contributed by atoms with E-state index in [4.69, 9.17) is 4.74 Å². The van der Waals surface area contributed by atoms with Gasteiger partial charge in [-0.1, -0.05) is 22.9 Å². The van der Waals surface area contributed by atoms with Crippen LogP contribution in [-0.2, 0) is 22.8 Å². The molecule has 0 aromatic heterocycles. The molecule has 1 aromatic carbocycles. The van der Waals surface area contributed by atoms with Crippen LogP contribution in [0.4, 0.5) is 0 Å². The normalized spacial score (nSPS) is 14.1. The fraction of sp³-hybridized carbons (Fsp3) is 0.571. The number of fused-ring (bicyclic) bond motifs is 1. The lowest BCUT2D eigenvalue weighted by Gasteiger charge is -2.10. The molecule has 0 atom stereocenters. The Bertz CT molecular complexity index is 572. The number of benzene rings is 1. The number of nitrogens with one attached hydrogen (secondary N) is 1. The van der Waals surface area contributed by atoms with E-state index in [9.17, 15) is 8.42 Å². The zero-order valence-electron chi connectivity index (χ0n) is 11.6. The molecule has 112 valence electrons. The number of rotatable bonds is 7. The van der Waals surface area contributed by atoms with Crippen molar-refractivity contribution in [3.63, 3.8) is 0 Å². The van der Waals surface area contributed by atoms with Crippen molar-refractivity contribution in [1.82, 2.24) is 5.32 Å². The average molecular weight is 362 g/mol. The molecule has 0 amide bonds. The number of sulfone groups is 1. The van der Waals surface area contributed by atoms with Gasteiger partial charge in [0.05, 0.1) is 12.4 Å². The average Bonchev–Trinajstić information content (AvgIpc) is 2.82. The van der Waals surface area contributed by atoms with Crippen LogP contribution in [0.2, 0.25) is 0 Å². The van der Waals surface area contributed by atoms with Crippen molar-refractivity contribution in [3.05, 3.63) is 27.7 Å². The summed E-state index contributed by atoms with van der Waals surface area (Å²) in [5, 5.41) is 3.19. The van der Waals surface area contributed by atoms with Crippen LogP contribution >= 0.6 is 15.9 Å². The summed E-state index contributed by atoms with van der Waals surface area (Å²) < 4.78 is 29.9. The quantitative estimate of drug-likeness (QED) is 0.757. The lowest BCUT2D eigenvalue weighted by atomic mass is 10.1. The summed E-state index contributed by atoms with van der Waals surface area (Å²) >= 11 is 3.50. The highest BCUT2D eigenvalue weighted by Gasteiger charge is 2.17. The number of hydrogen-bond donors (Lipinski definition) is 1. The molecule has 0 saturated heterocycles. The van der Waals surface area contributed by atoms with Crippen LogP contribution in [0.1, 0.15) is 24.5 Å². The third-order valence-electron chi connectivity index (χ3n) is 3.25. The van der Waals surface area contributed by atoms with Gasteiger partial charge in [0.2, 0.25) is 0 Å². The van der Waals surface area contributed by atoms with Crippen LogP contribution in [0.15, 0.2) is 16.6 Å². The van der Waals surface area contributed by atoms with E-state index in [1.807, 2.05) is 13.0 Å². The third-order valence-corrected chi connectivity index (χ3v) is 5.56. The fourth-order valence-corrected chi connectivity index (χ4v) is 4.18. The third kappa shape index (κ3) is 4.20. The van der Waals surface area contributed by atoms with E-state index in [1.165, 1.54) is 5.56 Å². The van der Waals surface area contributed by atoms with Crippen LogP contribution in [0, 0.1) is 0 Å². The first-order valence-corrected chi connectivity index (χ1v) is 9.48. The van der Waals surface area contributed by atoms with E-state index >= 15 is 0 Å². The molecule has 0 fully saturated rings. The minimum atomic E-state index is -2.91. The molecule has 0 bridgehead atoms. The Morgan fingerprint density at radius 3 is 2.90 bits per heavy atom. The lowest BCUT2D eigenvalue weighted by Crippen LogP contribution is -2.24. The van der Waals surface area contributed by atoms with E-state index in [0.29, 0.717) is 19.5 Å². The van der Waals surface area contributed by atoms with Gasteiger partial charge in [0.1, 0.15) is 5.75 Å².